The lowest BCUT2D eigenvalue weighted by Crippen LogP contribution is -2.28. The number of aromatic nitrogens is 1. The Morgan fingerprint density at radius 1 is 1.24 bits per heavy atom. The average Bonchev–Trinajstić information content (AvgIpc) is 3.29. The second kappa shape index (κ2) is 7.88. The van der Waals surface area contributed by atoms with Gasteiger partial charge in [0, 0.05) is 24.1 Å². The first-order chi connectivity index (χ1) is 14.0. The van der Waals surface area contributed by atoms with Gasteiger partial charge in [0.25, 0.3) is 0 Å². The van der Waals surface area contributed by atoms with Crippen LogP contribution in [0.4, 0.5) is 10.8 Å². The van der Waals surface area contributed by atoms with Crippen molar-refractivity contribution in [3.63, 3.8) is 0 Å². The van der Waals surface area contributed by atoms with Crippen molar-refractivity contribution in [2.24, 2.45) is 5.92 Å². The molecule has 7 nitrogen and oxygen atoms in total. The second-order valence-corrected chi connectivity index (χ2v) is 8.03. The predicted octanol–water partition coefficient (Wildman–Crippen LogP) is 3.96. The van der Waals surface area contributed by atoms with Crippen molar-refractivity contribution in [1.82, 2.24) is 4.98 Å². The number of carbonyl (C=O) groups excluding carboxylic acids is 2. The van der Waals surface area contributed by atoms with E-state index < -0.39 is 5.92 Å². The fourth-order valence-corrected chi connectivity index (χ4v) is 4.43. The normalized spacial score (nSPS) is 16.3. The average molecular weight is 432 g/mol. The zero-order valence-corrected chi connectivity index (χ0v) is 17.3. The number of thiazole rings is 1. The fraction of sp³-hybridized carbons (Fsp3) is 0.250. The maximum Gasteiger partial charge on any atom is 0.231 e. The summed E-state index contributed by atoms with van der Waals surface area (Å²) in [5.74, 6) is 0.289. The summed E-state index contributed by atoms with van der Waals surface area (Å²) in [6.45, 7) is 0.268. The number of benzene rings is 2. The van der Waals surface area contributed by atoms with Crippen LogP contribution < -0.4 is 19.7 Å². The van der Waals surface area contributed by atoms with E-state index in [4.69, 9.17) is 21.1 Å². The molecule has 150 valence electrons. The first-order valence-electron chi connectivity index (χ1n) is 8.88. The van der Waals surface area contributed by atoms with E-state index in [1.54, 1.807) is 48.4 Å². The smallest absolute Gasteiger partial charge is 0.231 e. The molecule has 1 fully saturated rings. The molecule has 0 aliphatic carbocycles. The molecule has 1 atom stereocenters. The van der Waals surface area contributed by atoms with Gasteiger partial charge in [-0.1, -0.05) is 22.9 Å². The fourth-order valence-electron chi connectivity index (χ4n) is 3.28. The van der Waals surface area contributed by atoms with Crippen molar-refractivity contribution in [3.05, 3.63) is 41.4 Å². The zero-order chi connectivity index (χ0) is 20.5. The van der Waals surface area contributed by atoms with Crippen LogP contribution in [0, 0.1) is 5.92 Å². The zero-order valence-electron chi connectivity index (χ0n) is 15.8. The minimum atomic E-state index is -0.482. The topological polar surface area (TPSA) is 80.8 Å². The van der Waals surface area contributed by atoms with E-state index in [-0.39, 0.29) is 24.8 Å². The molecule has 1 N–H and O–H groups in total. The van der Waals surface area contributed by atoms with Crippen LogP contribution in [0.5, 0.6) is 11.5 Å². The Labute approximate surface area is 176 Å². The highest BCUT2D eigenvalue weighted by molar-refractivity contribution is 7.22. The maximum atomic E-state index is 12.7. The summed E-state index contributed by atoms with van der Waals surface area (Å²) < 4.78 is 11.5. The number of methoxy groups -OCH3 is 2. The largest absolute Gasteiger partial charge is 0.497 e. The highest BCUT2D eigenvalue weighted by atomic mass is 35.5. The summed E-state index contributed by atoms with van der Waals surface area (Å²) in [7, 11) is 3.09. The van der Waals surface area contributed by atoms with Gasteiger partial charge in [-0.2, -0.15) is 0 Å². The van der Waals surface area contributed by atoms with Crippen molar-refractivity contribution < 1.29 is 19.1 Å². The number of ether oxygens (including phenoxy) is 2. The van der Waals surface area contributed by atoms with Crippen LogP contribution in [-0.4, -0.2) is 37.6 Å². The van der Waals surface area contributed by atoms with E-state index >= 15 is 0 Å². The molecule has 29 heavy (non-hydrogen) atoms. The molecule has 0 radical (unpaired) electrons. The van der Waals surface area contributed by atoms with Crippen molar-refractivity contribution in [2.75, 3.05) is 31.0 Å². The number of anilines is 2. The van der Waals surface area contributed by atoms with E-state index in [1.807, 2.05) is 0 Å². The minimum absolute atomic E-state index is 0.123. The number of amides is 2. The highest BCUT2D eigenvalue weighted by Gasteiger charge is 2.36. The summed E-state index contributed by atoms with van der Waals surface area (Å²) in [4.78, 5) is 31.3. The SMILES string of the molecule is COc1ccc(N2C[C@H](C(=O)Nc3nc4ccc(Cl)cc4s3)CC2=O)c(OC)c1. The molecule has 2 aromatic carbocycles. The lowest BCUT2D eigenvalue weighted by Gasteiger charge is -2.20. The Morgan fingerprint density at radius 3 is 2.83 bits per heavy atom. The van der Waals surface area contributed by atoms with E-state index in [0.717, 1.165) is 10.2 Å². The van der Waals surface area contributed by atoms with Gasteiger partial charge in [0.15, 0.2) is 5.13 Å². The van der Waals surface area contributed by atoms with E-state index in [2.05, 4.69) is 10.3 Å². The lowest BCUT2D eigenvalue weighted by molar-refractivity contribution is -0.122. The number of hydrogen-bond donors (Lipinski definition) is 1. The van der Waals surface area contributed by atoms with Gasteiger partial charge in [-0.15, -0.1) is 0 Å². The number of nitrogens with zero attached hydrogens (tertiary/aromatic N) is 2. The van der Waals surface area contributed by atoms with Crippen LogP contribution in [0.2, 0.25) is 5.02 Å². The minimum Gasteiger partial charge on any atom is -0.497 e. The van der Waals surface area contributed by atoms with Crippen molar-refractivity contribution >= 4 is 55.8 Å². The number of carbonyl (C=O) groups is 2. The van der Waals surface area contributed by atoms with Gasteiger partial charge in [-0.25, -0.2) is 4.98 Å². The number of halogens is 1. The Bertz CT molecular complexity index is 1100. The van der Waals surface area contributed by atoms with Gasteiger partial charge in [0.1, 0.15) is 11.5 Å². The molecule has 0 bridgehead atoms. The van der Waals surface area contributed by atoms with Crippen molar-refractivity contribution in [1.29, 1.82) is 0 Å². The summed E-state index contributed by atoms with van der Waals surface area (Å²) in [6.07, 6.45) is 0.123. The van der Waals surface area contributed by atoms with Crippen LogP contribution in [0.3, 0.4) is 0 Å². The first-order valence-corrected chi connectivity index (χ1v) is 10.1. The van der Waals surface area contributed by atoms with Crippen molar-refractivity contribution in [3.8, 4) is 11.5 Å². The summed E-state index contributed by atoms with van der Waals surface area (Å²) >= 11 is 7.35. The summed E-state index contributed by atoms with van der Waals surface area (Å²) in [6, 6.07) is 10.6. The molecule has 2 heterocycles. The van der Waals surface area contributed by atoms with Crippen LogP contribution in [0.15, 0.2) is 36.4 Å². The van der Waals surface area contributed by atoms with Crippen LogP contribution in [0.1, 0.15) is 6.42 Å². The standard InChI is InChI=1S/C20H18ClN3O4S/c1-27-13-4-6-15(16(9-13)28-2)24-10-11(7-18(24)25)19(26)23-20-22-14-5-3-12(21)8-17(14)29-20/h3-6,8-9,11H,7,10H2,1-2H3,(H,22,23,26)/t11-/m1/s1. The molecule has 0 unspecified atom stereocenters. The Hall–Kier alpha value is -2.84. The van der Waals surface area contributed by atoms with E-state index in [1.165, 1.54) is 18.4 Å². The summed E-state index contributed by atoms with van der Waals surface area (Å²) in [5.41, 5.74) is 1.38. The Balaban J connectivity index is 1.50. The number of fused-ring (bicyclic) bond motifs is 1. The lowest BCUT2D eigenvalue weighted by atomic mass is 10.1. The molecule has 1 saturated heterocycles. The van der Waals surface area contributed by atoms with Gasteiger partial charge in [-0.3, -0.25) is 9.59 Å². The number of hydrogen-bond acceptors (Lipinski definition) is 6. The third-order valence-corrected chi connectivity index (χ3v) is 5.92. The molecular formula is C20H18ClN3O4S. The molecule has 0 saturated carbocycles. The van der Waals surface area contributed by atoms with Crippen LogP contribution in [-0.2, 0) is 9.59 Å². The Kier molecular flexibility index (Phi) is 5.29. The van der Waals surface area contributed by atoms with Gasteiger partial charge < -0.3 is 19.7 Å². The molecule has 1 aromatic heterocycles. The Morgan fingerprint density at radius 2 is 2.07 bits per heavy atom. The van der Waals surface area contributed by atoms with E-state index in [9.17, 15) is 9.59 Å². The molecule has 4 rings (SSSR count). The number of nitrogens with one attached hydrogen (secondary N) is 1. The molecule has 2 amide bonds. The molecule has 9 heteroatoms. The summed E-state index contributed by atoms with van der Waals surface area (Å²) in [5, 5.41) is 3.93. The van der Waals surface area contributed by atoms with Gasteiger partial charge in [-0.05, 0) is 30.3 Å². The second-order valence-electron chi connectivity index (χ2n) is 6.56. The predicted molar refractivity (Wildman–Crippen MR) is 113 cm³/mol. The van der Waals surface area contributed by atoms with Crippen LogP contribution in [0.25, 0.3) is 10.2 Å². The molecule has 1 aliphatic heterocycles. The molecule has 1 aliphatic rings. The van der Waals surface area contributed by atoms with Gasteiger partial charge in [0.2, 0.25) is 11.8 Å². The van der Waals surface area contributed by atoms with Gasteiger partial charge >= 0.3 is 0 Å². The first kappa shape index (κ1) is 19.5. The quantitative estimate of drug-likeness (QED) is 0.661. The molecule has 3 aromatic rings. The van der Waals surface area contributed by atoms with Crippen LogP contribution >= 0.6 is 22.9 Å². The third-order valence-electron chi connectivity index (χ3n) is 4.75. The van der Waals surface area contributed by atoms with Gasteiger partial charge in [0.05, 0.1) is 36.0 Å². The molecular weight excluding hydrogens is 414 g/mol. The van der Waals surface area contributed by atoms with E-state index in [0.29, 0.717) is 27.3 Å². The maximum absolute atomic E-state index is 12.7. The highest BCUT2D eigenvalue weighted by Crippen LogP contribution is 2.36. The monoisotopic (exact) mass is 431 g/mol. The molecule has 0 spiro atoms. The third kappa shape index (κ3) is 3.86. The van der Waals surface area contributed by atoms with Crippen molar-refractivity contribution in [2.45, 2.75) is 6.42 Å². The number of rotatable bonds is 5.